The summed E-state index contributed by atoms with van der Waals surface area (Å²) in [7, 11) is 1.51. The van der Waals surface area contributed by atoms with Crippen LogP contribution in [0, 0.1) is 5.82 Å². The highest BCUT2D eigenvalue weighted by molar-refractivity contribution is 7.99. The fourth-order valence-corrected chi connectivity index (χ4v) is 2.43. The summed E-state index contributed by atoms with van der Waals surface area (Å²) in [4.78, 5) is 23.0. The standard InChI is InChI=1S/C14H19FN2O3S/c1-4-16-14(19)17-13(18)9(2)21-8-10-7-11(15)5-6-12(10)20-3/h5-7,9H,4,8H2,1-3H3,(H2,16,17,18,19). The predicted octanol–water partition coefficient (Wildman–Crippen LogP) is 2.30. The Morgan fingerprint density at radius 2 is 2.14 bits per heavy atom. The van der Waals surface area contributed by atoms with E-state index in [4.69, 9.17) is 4.74 Å². The molecule has 1 atom stereocenters. The van der Waals surface area contributed by atoms with Crippen LogP contribution in [0.3, 0.4) is 0 Å². The van der Waals surface area contributed by atoms with E-state index in [9.17, 15) is 14.0 Å². The predicted molar refractivity (Wildman–Crippen MR) is 80.9 cm³/mol. The van der Waals surface area contributed by atoms with Crippen molar-refractivity contribution in [3.8, 4) is 5.75 Å². The first-order chi connectivity index (χ1) is 9.97. The largest absolute Gasteiger partial charge is 0.496 e. The van der Waals surface area contributed by atoms with Crippen LogP contribution in [0.4, 0.5) is 9.18 Å². The highest BCUT2D eigenvalue weighted by Gasteiger charge is 2.17. The number of thioether (sulfide) groups is 1. The Bertz CT molecular complexity index is 511. The maximum absolute atomic E-state index is 13.2. The molecule has 0 aliphatic carbocycles. The van der Waals surface area contributed by atoms with Gasteiger partial charge in [-0.3, -0.25) is 10.1 Å². The summed E-state index contributed by atoms with van der Waals surface area (Å²) in [6, 6.07) is 3.72. The Morgan fingerprint density at radius 1 is 1.43 bits per heavy atom. The Balaban J connectivity index is 2.56. The molecule has 0 saturated heterocycles. The first kappa shape index (κ1) is 17.3. The lowest BCUT2D eigenvalue weighted by atomic mass is 10.2. The molecular weight excluding hydrogens is 295 g/mol. The third-order valence-electron chi connectivity index (χ3n) is 2.67. The van der Waals surface area contributed by atoms with Crippen molar-refractivity contribution >= 4 is 23.7 Å². The molecule has 0 aliphatic heterocycles. The molecule has 0 bridgehead atoms. The molecule has 0 fully saturated rings. The van der Waals surface area contributed by atoms with E-state index < -0.39 is 11.3 Å². The lowest BCUT2D eigenvalue weighted by Crippen LogP contribution is -2.42. The smallest absolute Gasteiger partial charge is 0.321 e. The average Bonchev–Trinajstić information content (AvgIpc) is 2.45. The summed E-state index contributed by atoms with van der Waals surface area (Å²) in [6.45, 7) is 3.89. The lowest BCUT2D eigenvalue weighted by molar-refractivity contribution is -0.119. The van der Waals surface area contributed by atoms with Crippen LogP contribution in [0.1, 0.15) is 19.4 Å². The second-order valence-electron chi connectivity index (χ2n) is 4.26. The zero-order valence-electron chi connectivity index (χ0n) is 12.2. The van der Waals surface area contributed by atoms with Gasteiger partial charge in [0.15, 0.2) is 0 Å². The van der Waals surface area contributed by atoms with E-state index >= 15 is 0 Å². The molecule has 1 aromatic rings. The highest BCUT2D eigenvalue weighted by atomic mass is 32.2. The van der Waals surface area contributed by atoms with Gasteiger partial charge in [-0.05, 0) is 32.0 Å². The summed E-state index contributed by atoms with van der Waals surface area (Å²) in [6.07, 6.45) is 0. The molecule has 116 valence electrons. The number of rotatable bonds is 6. The van der Waals surface area contributed by atoms with E-state index in [1.54, 1.807) is 19.9 Å². The number of halogens is 1. The van der Waals surface area contributed by atoms with Gasteiger partial charge in [-0.2, -0.15) is 0 Å². The van der Waals surface area contributed by atoms with Gasteiger partial charge in [0.05, 0.1) is 12.4 Å². The molecule has 21 heavy (non-hydrogen) atoms. The first-order valence-electron chi connectivity index (χ1n) is 6.50. The second kappa shape index (κ2) is 8.51. The van der Waals surface area contributed by atoms with Gasteiger partial charge in [0, 0.05) is 17.9 Å². The monoisotopic (exact) mass is 314 g/mol. The van der Waals surface area contributed by atoms with Gasteiger partial charge in [0.2, 0.25) is 5.91 Å². The molecule has 1 unspecified atom stereocenters. The minimum atomic E-state index is -0.515. The van der Waals surface area contributed by atoms with Gasteiger partial charge >= 0.3 is 6.03 Å². The van der Waals surface area contributed by atoms with Crippen molar-refractivity contribution in [1.29, 1.82) is 0 Å². The van der Waals surface area contributed by atoms with E-state index in [0.29, 0.717) is 23.6 Å². The zero-order chi connectivity index (χ0) is 15.8. The van der Waals surface area contributed by atoms with Crippen molar-refractivity contribution < 1.29 is 18.7 Å². The fraction of sp³-hybridized carbons (Fsp3) is 0.429. The van der Waals surface area contributed by atoms with Crippen molar-refractivity contribution in [1.82, 2.24) is 10.6 Å². The molecule has 1 aromatic carbocycles. The Morgan fingerprint density at radius 3 is 2.76 bits per heavy atom. The van der Waals surface area contributed by atoms with Gasteiger partial charge < -0.3 is 10.1 Å². The summed E-state index contributed by atoms with van der Waals surface area (Å²) in [5.41, 5.74) is 0.667. The van der Waals surface area contributed by atoms with Gasteiger partial charge in [0.1, 0.15) is 11.6 Å². The van der Waals surface area contributed by atoms with E-state index in [-0.39, 0.29) is 11.7 Å². The van der Waals surface area contributed by atoms with Crippen LogP contribution < -0.4 is 15.4 Å². The Hall–Kier alpha value is -1.76. The molecule has 0 radical (unpaired) electrons. The molecule has 5 nitrogen and oxygen atoms in total. The van der Waals surface area contributed by atoms with Crippen LogP contribution in [-0.2, 0) is 10.5 Å². The third kappa shape index (κ3) is 5.63. The number of amides is 3. The molecule has 0 spiro atoms. The minimum absolute atomic E-state index is 0.356. The van der Waals surface area contributed by atoms with Crippen LogP contribution >= 0.6 is 11.8 Å². The minimum Gasteiger partial charge on any atom is -0.496 e. The summed E-state index contributed by atoms with van der Waals surface area (Å²) >= 11 is 1.30. The number of hydrogen-bond donors (Lipinski definition) is 2. The van der Waals surface area contributed by atoms with Crippen LogP contribution in [0.15, 0.2) is 18.2 Å². The molecule has 0 saturated carbocycles. The van der Waals surface area contributed by atoms with Gasteiger partial charge in [-0.15, -0.1) is 11.8 Å². The van der Waals surface area contributed by atoms with E-state index in [1.807, 2.05) is 0 Å². The number of imide groups is 1. The van der Waals surface area contributed by atoms with Crippen LogP contribution in [-0.4, -0.2) is 30.8 Å². The number of carbonyl (C=O) groups excluding carboxylic acids is 2. The van der Waals surface area contributed by atoms with E-state index in [0.717, 1.165) is 0 Å². The van der Waals surface area contributed by atoms with Crippen molar-refractivity contribution in [2.45, 2.75) is 24.9 Å². The molecule has 1 rings (SSSR count). The Labute approximate surface area is 127 Å². The van der Waals surface area contributed by atoms with Crippen LogP contribution in [0.5, 0.6) is 5.75 Å². The number of benzene rings is 1. The van der Waals surface area contributed by atoms with Crippen molar-refractivity contribution in [2.24, 2.45) is 0 Å². The van der Waals surface area contributed by atoms with Crippen LogP contribution in [0.2, 0.25) is 0 Å². The lowest BCUT2D eigenvalue weighted by Gasteiger charge is -2.13. The van der Waals surface area contributed by atoms with E-state index in [1.165, 1.54) is 31.0 Å². The number of ether oxygens (including phenoxy) is 1. The molecule has 0 heterocycles. The summed E-state index contributed by atoms with van der Waals surface area (Å²) in [5, 5.41) is 4.28. The average molecular weight is 314 g/mol. The molecule has 2 N–H and O–H groups in total. The first-order valence-corrected chi connectivity index (χ1v) is 7.55. The normalized spacial score (nSPS) is 11.6. The number of urea groups is 1. The Kier molecular flexibility index (Phi) is 7.01. The van der Waals surface area contributed by atoms with Gasteiger partial charge in [-0.25, -0.2) is 9.18 Å². The molecular formula is C14H19FN2O3S. The van der Waals surface area contributed by atoms with Crippen molar-refractivity contribution in [2.75, 3.05) is 13.7 Å². The van der Waals surface area contributed by atoms with Crippen molar-refractivity contribution in [3.63, 3.8) is 0 Å². The maximum Gasteiger partial charge on any atom is 0.321 e. The number of carbonyl (C=O) groups is 2. The number of nitrogens with one attached hydrogen (secondary N) is 2. The number of methoxy groups -OCH3 is 1. The van der Waals surface area contributed by atoms with Gasteiger partial charge in [0.25, 0.3) is 0 Å². The van der Waals surface area contributed by atoms with Crippen LogP contribution in [0.25, 0.3) is 0 Å². The maximum atomic E-state index is 13.2. The SMILES string of the molecule is CCNC(=O)NC(=O)C(C)SCc1cc(F)ccc1OC. The fourth-order valence-electron chi connectivity index (χ4n) is 1.57. The third-order valence-corrected chi connectivity index (χ3v) is 3.87. The summed E-state index contributed by atoms with van der Waals surface area (Å²) < 4.78 is 18.4. The van der Waals surface area contributed by atoms with Gasteiger partial charge in [-0.1, -0.05) is 0 Å². The zero-order valence-corrected chi connectivity index (χ0v) is 13.1. The van der Waals surface area contributed by atoms with E-state index in [2.05, 4.69) is 10.6 Å². The number of hydrogen-bond acceptors (Lipinski definition) is 4. The summed E-state index contributed by atoms with van der Waals surface area (Å²) in [5.74, 6) is 0.234. The van der Waals surface area contributed by atoms with Crippen molar-refractivity contribution in [3.05, 3.63) is 29.6 Å². The molecule has 0 aromatic heterocycles. The molecule has 0 aliphatic rings. The highest BCUT2D eigenvalue weighted by Crippen LogP contribution is 2.26. The molecule has 7 heteroatoms. The second-order valence-corrected chi connectivity index (χ2v) is 5.59. The molecule has 3 amide bonds. The quantitative estimate of drug-likeness (QED) is 0.845. The topological polar surface area (TPSA) is 67.4 Å².